The van der Waals surface area contributed by atoms with E-state index in [1.54, 1.807) is 6.20 Å². The molecule has 1 aromatic rings. The number of hydrogen-bond donors (Lipinski definition) is 1. The fraction of sp³-hybridized carbons (Fsp3) is 0.750. The molecule has 0 aromatic carbocycles. The van der Waals surface area contributed by atoms with Crippen LogP contribution in [0.15, 0.2) is 12.4 Å². The van der Waals surface area contributed by atoms with E-state index in [1.807, 2.05) is 11.1 Å². The number of carbonyl (C=O) groups is 1. The SMILES string of the molecule is CN1CCN(C(=O)CCC2CCOCC2)C[C@@H]1c1ncc[nH]1. The molecule has 6 heteroatoms. The standard InChI is InChI=1S/C16H26N4O2/c1-19-8-9-20(12-14(19)16-17-6-7-18-16)15(21)3-2-13-4-10-22-11-5-13/h6-7,13-14H,2-5,8-12H2,1H3,(H,17,18)/t14-/m1/s1. The van der Waals surface area contributed by atoms with Crippen molar-refractivity contribution in [3.05, 3.63) is 18.2 Å². The van der Waals surface area contributed by atoms with E-state index in [9.17, 15) is 4.79 Å². The van der Waals surface area contributed by atoms with E-state index >= 15 is 0 Å². The number of piperazine rings is 1. The smallest absolute Gasteiger partial charge is 0.222 e. The van der Waals surface area contributed by atoms with E-state index in [1.165, 1.54) is 0 Å². The fourth-order valence-corrected chi connectivity index (χ4v) is 3.38. The van der Waals surface area contributed by atoms with Gasteiger partial charge in [-0.3, -0.25) is 9.69 Å². The van der Waals surface area contributed by atoms with Gasteiger partial charge in [-0.05, 0) is 32.2 Å². The lowest BCUT2D eigenvalue weighted by molar-refractivity contribution is -0.134. The van der Waals surface area contributed by atoms with Crippen LogP contribution in [0, 0.1) is 5.92 Å². The maximum Gasteiger partial charge on any atom is 0.222 e. The van der Waals surface area contributed by atoms with Crippen molar-refractivity contribution in [2.24, 2.45) is 5.92 Å². The van der Waals surface area contributed by atoms with Gasteiger partial charge in [0.15, 0.2) is 0 Å². The second kappa shape index (κ2) is 7.24. The number of nitrogens with zero attached hydrogens (tertiary/aromatic N) is 3. The number of nitrogens with one attached hydrogen (secondary N) is 1. The molecule has 0 spiro atoms. The molecule has 0 bridgehead atoms. The Hall–Kier alpha value is -1.40. The Morgan fingerprint density at radius 3 is 2.95 bits per heavy atom. The summed E-state index contributed by atoms with van der Waals surface area (Å²) >= 11 is 0. The van der Waals surface area contributed by atoms with E-state index in [-0.39, 0.29) is 11.9 Å². The molecule has 0 aliphatic carbocycles. The maximum atomic E-state index is 12.5. The monoisotopic (exact) mass is 306 g/mol. The minimum atomic E-state index is 0.177. The molecule has 3 rings (SSSR count). The largest absolute Gasteiger partial charge is 0.381 e. The Morgan fingerprint density at radius 1 is 1.41 bits per heavy atom. The molecule has 1 N–H and O–H groups in total. The first-order valence-corrected chi connectivity index (χ1v) is 8.29. The number of amides is 1. The van der Waals surface area contributed by atoms with Crippen molar-refractivity contribution in [1.82, 2.24) is 19.8 Å². The van der Waals surface area contributed by atoms with E-state index in [0.29, 0.717) is 12.3 Å². The van der Waals surface area contributed by atoms with Gasteiger partial charge < -0.3 is 14.6 Å². The zero-order chi connectivity index (χ0) is 15.4. The number of likely N-dealkylation sites (N-methyl/N-ethyl adjacent to an activating group) is 1. The molecule has 1 aromatic heterocycles. The zero-order valence-corrected chi connectivity index (χ0v) is 13.3. The second-order valence-electron chi connectivity index (χ2n) is 6.40. The molecule has 0 radical (unpaired) electrons. The number of imidazole rings is 1. The molecule has 122 valence electrons. The summed E-state index contributed by atoms with van der Waals surface area (Å²) in [5.74, 6) is 1.90. The Labute approximate surface area is 131 Å². The number of ether oxygens (including phenoxy) is 1. The van der Waals surface area contributed by atoms with E-state index in [2.05, 4.69) is 21.9 Å². The van der Waals surface area contributed by atoms with Gasteiger partial charge in [0.2, 0.25) is 5.91 Å². The summed E-state index contributed by atoms with van der Waals surface area (Å²) in [7, 11) is 2.09. The predicted octanol–water partition coefficient (Wildman–Crippen LogP) is 1.43. The van der Waals surface area contributed by atoms with Crippen molar-refractivity contribution in [2.75, 3.05) is 39.9 Å². The number of carbonyl (C=O) groups excluding carboxylic acids is 1. The summed E-state index contributed by atoms with van der Waals surface area (Å²) in [6.45, 7) is 4.16. The van der Waals surface area contributed by atoms with Crippen LogP contribution < -0.4 is 0 Å². The minimum absolute atomic E-state index is 0.177. The lowest BCUT2D eigenvalue weighted by Crippen LogP contribution is -2.49. The van der Waals surface area contributed by atoms with Crippen LogP contribution in [0.2, 0.25) is 0 Å². The van der Waals surface area contributed by atoms with Gasteiger partial charge in [0.1, 0.15) is 5.82 Å². The molecule has 3 heterocycles. The summed E-state index contributed by atoms with van der Waals surface area (Å²) < 4.78 is 5.38. The van der Waals surface area contributed by atoms with Crippen molar-refractivity contribution in [3.8, 4) is 0 Å². The summed E-state index contributed by atoms with van der Waals surface area (Å²) in [5, 5.41) is 0. The van der Waals surface area contributed by atoms with E-state index < -0.39 is 0 Å². The highest BCUT2D eigenvalue weighted by molar-refractivity contribution is 5.76. The maximum absolute atomic E-state index is 12.5. The number of rotatable bonds is 4. The van der Waals surface area contributed by atoms with Crippen LogP contribution in [0.25, 0.3) is 0 Å². The fourth-order valence-electron chi connectivity index (χ4n) is 3.38. The molecule has 22 heavy (non-hydrogen) atoms. The molecule has 6 nitrogen and oxygen atoms in total. The summed E-state index contributed by atoms with van der Waals surface area (Å²) in [4.78, 5) is 24.3. The topological polar surface area (TPSA) is 61.5 Å². The van der Waals surface area contributed by atoms with Crippen molar-refractivity contribution >= 4 is 5.91 Å². The molecule has 0 saturated carbocycles. The first kappa shape index (κ1) is 15.5. The molecular weight excluding hydrogens is 280 g/mol. The van der Waals surface area contributed by atoms with Crippen LogP contribution in [0.1, 0.15) is 37.5 Å². The van der Waals surface area contributed by atoms with Crippen molar-refractivity contribution in [1.29, 1.82) is 0 Å². The molecular formula is C16H26N4O2. The van der Waals surface area contributed by atoms with Gasteiger partial charge in [-0.25, -0.2) is 4.98 Å². The first-order chi connectivity index (χ1) is 10.7. The predicted molar refractivity (Wildman–Crippen MR) is 83.3 cm³/mol. The number of hydrogen-bond acceptors (Lipinski definition) is 4. The van der Waals surface area contributed by atoms with Gasteiger partial charge >= 0.3 is 0 Å². The van der Waals surface area contributed by atoms with E-state index in [0.717, 1.165) is 57.9 Å². The van der Waals surface area contributed by atoms with Gasteiger partial charge in [0.25, 0.3) is 0 Å². The van der Waals surface area contributed by atoms with E-state index in [4.69, 9.17) is 4.74 Å². The van der Waals surface area contributed by atoms with Gasteiger partial charge in [-0.2, -0.15) is 0 Å². The van der Waals surface area contributed by atoms with Crippen LogP contribution in [0.4, 0.5) is 0 Å². The highest BCUT2D eigenvalue weighted by Crippen LogP contribution is 2.24. The molecule has 2 aliphatic heterocycles. The normalized spacial score (nSPS) is 24.6. The molecule has 0 unspecified atom stereocenters. The highest BCUT2D eigenvalue weighted by Gasteiger charge is 2.30. The Balaban J connectivity index is 1.51. The third kappa shape index (κ3) is 3.67. The van der Waals surface area contributed by atoms with Gasteiger partial charge in [-0.1, -0.05) is 0 Å². The Kier molecular flexibility index (Phi) is 5.10. The second-order valence-corrected chi connectivity index (χ2v) is 6.40. The third-order valence-electron chi connectivity index (χ3n) is 4.94. The number of aromatic amines is 1. The summed E-state index contributed by atoms with van der Waals surface area (Å²) in [6, 6.07) is 0.177. The van der Waals surface area contributed by atoms with Crippen LogP contribution in [0.5, 0.6) is 0 Å². The Bertz CT molecular complexity index is 471. The number of H-pyrrole nitrogens is 1. The molecule has 2 aliphatic rings. The van der Waals surface area contributed by atoms with Crippen molar-refractivity contribution in [3.63, 3.8) is 0 Å². The Morgan fingerprint density at radius 2 is 2.23 bits per heavy atom. The molecule has 1 amide bonds. The van der Waals surface area contributed by atoms with Gasteiger partial charge in [0, 0.05) is 51.7 Å². The van der Waals surface area contributed by atoms with Crippen molar-refractivity contribution < 1.29 is 9.53 Å². The first-order valence-electron chi connectivity index (χ1n) is 8.29. The quantitative estimate of drug-likeness (QED) is 0.914. The van der Waals surface area contributed by atoms with Gasteiger partial charge in [0.05, 0.1) is 6.04 Å². The molecule has 2 saturated heterocycles. The minimum Gasteiger partial charge on any atom is -0.381 e. The lowest BCUT2D eigenvalue weighted by Gasteiger charge is -2.38. The summed E-state index contributed by atoms with van der Waals surface area (Å²) in [6.07, 6.45) is 7.49. The average Bonchev–Trinajstić information content (AvgIpc) is 3.08. The molecule has 2 fully saturated rings. The van der Waals surface area contributed by atoms with Crippen LogP contribution in [0.3, 0.4) is 0 Å². The third-order valence-corrected chi connectivity index (χ3v) is 4.94. The van der Waals surface area contributed by atoms with Gasteiger partial charge in [-0.15, -0.1) is 0 Å². The zero-order valence-electron chi connectivity index (χ0n) is 13.3. The molecule has 1 atom stereocenters. The highest BCUT2D eigenvalue weighted by atomic mass is 16.5. The van der Waals surface area contributed by atoms with Crippen LogP contribution in [-0.4, -0.2) is 65.6 Å². The lowest BCUT2D eigenvalue weighted by atomic mass is 9.94. The van der Waals surface area contributed by atoms with Crippen LogP contribution in [-0.2, 0) is 9.53 Å². The number of aromatic nitrogens is 2. The summed E-state index contributed by atoms with van der Waals surface area (Å²) in [5.41, 5.74) is 0. The van der Waals surface area contributed by atoms with Crippen molar-refractivity contribution in [2.45, 2.75) is 31.7 Å². The average molecular weight is 306 g/mol. The van der Waals surface area contributed by atoms with Crippen LogP contribution >= 0.6 is 0 Å².